The highest BCUT2D eigenvalue weighted by molar-refractivity contribution is 7.15. The van der Waals surface area contributed by atoms with Crippen molar-refractivity contribution in [2.45, 2.75) is 6.18 Å². The predicted octanol–water partition coefficient (Wildman–Crippen LogP) is 4.74. The summed E-state index contributed by atoms with van der Waals surface area (Å²) < 4.78 is 46.4. The van der Waals surface area contributed by atoms with E-state index in [-0.39, 0.29) is 5.56 Å². The number of hydrogen-bond donors (Lipinski definition) is 0. The van der Waals surface area contributed by atoms with E-state index in [2.05, 4.69) is 4.98 Å². The molecule has 3 heterocycles. The number of imidazole rings is 1. The number of nitrogens with zero attached hydrogens (tertiary/aromatic N) is 2. The van der Waals surface area contributed by atoms with E-state index in [1.165, 1.54) is 17.4 Å². The fraction of sp³-hybridized carbons (Fsp3) is 0.0476. The standard InChI is InChI=1S/C21H11F3N2O2S/c22-21(23,24)13-5-3-4-12(10-13)17-9-8-14(28-17)11-18-19(27)26-16-7-2-1-6-15(16)25-20(26)29-18/h1-11H/b18-11-. The number of rotatable bonds is 2. The first-order valence-corrected chi connectivity index (χ1v) is 9.41. The quantitative estimate of drug-likeness (QED) is 0.421. The average Bonchev–Trinajstić information content (AvgIpc) is 3.37. The van der Waals surface area contributed by atoms with Gasteiger partial charge in [-0.15, -0.1) is 0 Å². The van der Waals surface area contributed by atoms with Gasteiger partial charge in [0.2, 0.25) is 0 Å². The zero-order valence-electron chi connectivity index (χ0n) is 14.6. The van der Waals surface area contributed by atoms with Crippen molar-refractivity contribution in [1.82, 2.24) is 9.38 Å². The lowest BCUT2D eigenvalue weighted by Gasteiger charge is -2.07. The Balaban J connectivity index is 1.57. The van der Waals surface area contributed by atoms with Crippen molar-refractivity contribution in [3.8, 4) is 11.3 Å². The van der Waals surface area contributed by atoms with Crippen LogP contribution in [0.25, 0.3) is 33.4 Å². The van der Waals surface area contributed by atoms with E-state index >= 15 is 0 Å². The normalized spacial score (nSPS) is 13.0. The fourth-order valence-corrected chi connectivity index (χ4v) is 4.14. The van der Waals surface area contributed by atoms with Crippen LogP contribution in [0.15, 0.2) is 69.9 Å². The largest absolute Gasteiger partial charge is 0.457 e. The Morgan fingerprint density at radius 2 is 1.86 bits per heavy atom. The minimum absolute atomic E-state index is 0.212. The molecule has 5 rings (SSSR count). The number of furan rings is 1. The highest BCUT2D eigenvalue weighted by atomic mass is 32.1. The zero-order valence-corrected chi connectivity index (χ0v) is 15.4. The summed E-state index contributed by atoms with van der Waals surface area (Å²) in [6.45, 7) is 0. The van der Waals surface area contributed by atoms with Gasteiger partial charge in [-0.2, -0.15) is 13.2 Å². The number of para-hydroxylation sites is 2. The maximum absolute atomic E-state index is 12.9. The van der Waals surface area contributed by atoms with E-state index in [1.807, 2.05) is 24.3 Å². The summed E-state index contributed by atoms with van der Waals surface area (Å²) in [7, 11) is 0. The second-order valence-corrected chi connectivity index (χ2v) is 7.42. The van der Waals surface area contributed by atoms with Gasteiger partial charge in [-0.1, -0.05) is 35.6 Å². The molecule has 0 saturated heterocycles. The van der Waals surface area contributed by atoms with Crippen LogP contribution in [0, 0.1) is 0 Å². The van der Waals surface area contributed by atoms with Gasteiger partial charge in [0.05, 0.1) is 16.6 Å². The summed E-state index contributed by atoms with van der Waals surface area (Å²) in [6, 6.07) is 15.5. The molecule has 5 aromatic rings. The Hall–Kier alpha value is -3.39. The maximum Gasteiger partial charge on any atom is 0.416 e. The lowest BCUT2D eigenvalue weighted by atomic mass is 10.1. The number of fused-ring (bicyclic) bond motifs is 3. The van der Waals surface area contributed by atoms with Gasteiger partial charge in [0.1, 0.15) is 16.1 Å². The zero-order chi connectivity index (χ0) is 20.2. The predicted molar refractivity (Wildman–Crippen MR) is 105 cm³/mol. The molecule has 0 spiro atoms. The summed E-state index contributed by atoms with van der Waals surface area (Å²) in [5.41, 5.74) is 0.828. The molecule has 0 saturated carbocycles. The molecule has 0 bridgehead atoms. The lowest BCUT2D eigenvalue weighted by Crippen LogP contribution is -2.22. The van der Waals surface area contributed by atoms with Crippen molar-refractivity contribution < 1.29 is 17.6 Å². The van der Waals surface area contributed by atoms with Gasteiger partial charge in [-0.05, 0) is 36.4 Å². The first-order chi connectivity index (χ1) is 13.9. The van der Waals surface area contributed by atoms with Crippen LogP contribution in [0.2, 0.25) is 0 Å². The molecule has 4 nitrogen and oxygen atoms in total. The first kappa shape index (κ1) is 17.7. The van der Waals surface area contributed by atoms with Gasteiger partial charge in [-0.3, -0.25) is 4.79 Å². The lowest BCUT2D eigenvalue weighted by molar-refractivity contribution is -0.137. The van der Waals surface area contributed by atoms with E-state index in [4.69, 9.17) is 4.42 Å². The van der Waals surface area contributed by atoms with Crippen LogP contribution in [-0.4, -0.2) is 9.38 Å². The van der Waals surface area contributed by atoms with Crippen LogP contribution in [0.3, 0.4) is 0 Å². The Kier molecular flexibility index (Phi) is 3.85. The van der Waals surface area contributed by atoms with Crippen LogP contribution in [0.4, 0.5) is 13.2 Å². The van der Waals surface area contributed by atoms with Crippen molar-refractivity contribution in [2.75, 3.05) is 0 Å². The molecule has 0 aliphatic carbocycles. The van der Waals surface area contributed by atoms with Crippen LogP contribution in [0.1, 0.15) is 11.3 Å². The van der Waals surface area contributed by atoms with Crippen molar-refractivity contribution in [3.05, 3.63) is 86.9 Å². The summed E-state index contributed by atoms with van der Waals surface area (Å²) in [5, 5.41) is 0. The highest BCUT2D eigenvalue weighted by Gasteiger charge is 2.30. The summed E-state index contributed by atoms with van der Waals surface area (Å²) in [6.07, 6.45) is -2.85. The molecular formula is C21H11F3N2O2S. The molecule has 0 fully saturated rings. The molecule has 2 aromatic carbocycles. The summed E-state index contributed by atoms with van der Waals surface area (Å²) in [4.78, 5) is 17.8. The molecule has 0 N–H and O–H groups in total. The number of halogens is 3. The molecule has 8 heteroatoms. The molecule has 0 aliphatic rings. The third kappa shape index (κ3) is 3.01. The molecule has 0 radical (unpaired) electrons. The average molecular weight is 412 g/mol. The monoisotopic (exact) mass is 412 g/mol. The first-order valence-electron chi connectivity index (χ1n) is 8.59. The number of benzene rings is 2. The molecule has 29 heavy (non-hydrogen) atoms. The van der Waals surface area contributed by atoms with Gasteiger partial charge in [0.15, 0.2) is 4.96 Å². The third-order valence-corrected chi connectivity index (χ3v) is 5.49. The maximum atomic E-state index is 12.9. The molecule has 0 atom stereocenters. The van der Waals surface area contributed by atoms with Gasteiger partial charge in [0, 0.05) is 11.6 Å². The highest BCUT2D eigenvalue weighted by Crippen LogP contribution is 2.32. The third-order valence-electron chi connectivity index (χ3n) is 4.52. The SMILES string of the molecule is O=c1/c(=C/c2ccc(-c3cccc(C(F)(F)F)c3)o2)sc2nc3ccccc3n12. The van der Waals surface area contributed by atoms with E-state index in [1.54, 1.807) is 28.7 Å². The van der Waals surface area contributed by atoms with Gasteiger partial charge in [-0.25, -0.2) is 9.38 Å². The Morgan fingerprint density at radius 3 is 2.69 bits per heavy atom. The summed E-state index contributed by atoms with van der Waals surface area (Å²) >= 11 is 1.23. The molecular weight excluding hydrogens is 401 g/mol. The second-order valence-electron chi connectivity index (χ2n) is 6.41. The van der Waals surface area contributed by atoms with Gasteiger partial charge >= 0.3 is 6.18 Å². The Bertz CT molecular complexity index is 1480. The van der Waals surface area contributed by atoms with E-state index < -0.39 is 11.7 Å². The Morgan fingerprint density at radius 1 is 1.03 bits per heavy atom. The second kappa shape index (κ2) is 6.31. The number of thiazole rings is 1. The molecule has 0 aliphatic heterocycles. The molecule has 0 amide bonds. The van der Waals surface area contributed by atoms with Crippen LogP contribution >= 0.6 is 11.3 Å². The van der Waals surface area contributed by atoms with Crippen molar-refractivity contribution in [3.63, 3.8) is 0 Å². The fourth-order valence-electron chi connectivity index (χ4n) is 3.18. The minimum Gasteiger partial charge on any atom is -0.457 e. The molecule has 144 valence electrons. The van der Waals surface area contributed by atoms with Crippen molar-refractivity contribution in [2.24, 2.45) is 0 Å². The number of hydrogen-bond acceptors (Lipinski definition) is 4. The van der Waals surface area contributed by atoms with Crippen LogP contribution in [-0.2, 0) is 6.18 Å². The van der Waals surface area contributed by atoms with Gasteiger partial charge in [0.25, 0.3) is 5.56 Å². The van der Waals surface area contributed by atoms with Crippen LogP contribution < -0.4 is 10.1 Å². The van der Waals surface area contributed by atoms with Crippen molar-refractivity contribution >= 4 is 33.4 Å². The van der Waals surface area contributed by atoms with Crippen molar-refractivity contribution in [1.29, 1.82) is 0 Å². The van der Waals surface area contributed by atoms with Crippen LogP contribution in [0.5, 0.6) is 0 Å². The van der Waals surface area contributed by atoms with E-state index in [0.717, 1.165) is 23.2 Å². The topological polar surface area (TPSA) is 47.5 Å². The summed E-state index contributed by atoms with van der Waals surface area (Å²) in [5.74, 6) is 0.671. The van der Waals surface area contributed by atoms with E-state index in [9.17, 15) is 18.0 Å². The molecule has 0 unspecified atom stereocenters. The Labute approximate surface area is 165 Å². The smallest absolute Gasteiger partial charge is 0.416 e. The molecule has 3 aromatic heterocycles. The minimum atomic E-state index is -4.43. The van der Waals surface area contributed by atoms with E-state index in [0.29, 0.717) is 26.6 Å². The van der Waals surface area contributed by atoms with Gasteiger partial charge < -0.3 is 4.42 Å². The number of alkyl halides is 3. The number of aromatic nitrogens is 2.